The molecule has 0 saturated heterocycles. The lowest BCUT2D eigenvalue weighted by molar-refractivity contribution is 0.400. The summed E-state index contributed by atoms with van der Waals surface area (Å²) >= 11 is 0. The third-order valence-electron chi connectivity index (χ3n) is 2.08. The molecule has 1 aromatic carbocycles. The molecular weight excluding hydrogens is 238 g/mol. The van der Waals surface area contributed by atoms with Crippen molar-refractivity contribution in [1.29, 1.82) is 0 Å². The third-order valence-corrected chi connectivity index (χ3v) is 3.91. The van der Waals surface area contributed by atoms with E-state index in [2.05, 4.69) is 0 Å². The highest BCUT2D eigenvalue weighted by atomic mass is 32.2. The van der Waals surface area contributed by atoms with Gasteiger partial charge in [-0.1, -0.05) is 19.9 Å². The molecule has 4 nitrogen and oxygen atoms in total. The number of ether oxygens (including phenoxy) is 1. The highest BCUT2D eigenvalue weighted by molar-refractivity contribution is 7.89. The van der Waals surface area contributed by atoms with Gasteiger partial charge in [0.05, 0.1) is 7.11 Å². The topological polar surface area (TPSA) is 46.6 Å². The van der Waals surface area contributed by atoms with E-state index in [9.17, 15) is 8.42 Å². The van der Waals surface area contributed by atoms with Gasteiger partial charge in [0.2, 0.25) is 10.0 Å². The Kier molecular flexibility index (Phi) is 6.20. The molecule has 0 bridgehead atoms. The van der Waals surface area contributed by atoms with Crippen molar-refractivity contribution in [3.63, 3.8) is 0 Å². The van der Waals surface area contributed by atoms with Crippen LogP contribution < -0.4 is 4.74 Å². The highest BCUT2D eigenvalue weighted by Gasteiger charge is 2.21. The molecule has 1 aromatic rings. The largest absolute Gasteiger partial charge is 0.495 e. The van der Waals surface area contributed by atoms with Crippen molar-refractivity contribution in [1.82, 2.24) is 4.31 Å². The molecule has 0 unspecified atom stereocenters. The molecule has 98 valence electrons. The maximum absolute atomic E-state index is 11.9. The van der Waals surface area contributed by atoms with Crippen LogP contribution >= 0.6 is 0 Å². The summed E-state index contributed by atoms with van der Waals surface area (Å²) in [6, 6.07) is 5.08. The molecule has 0 fully saturated rings. The summed E-state index contributed by atoms with van der Waals surface area (Å²) in [5.41, 5.74) is 0.885. The minimum absolute atomic E-state index is 0.204. The quantitative estimate of drug-likeness (QED) is 0.836. The lowest BCUT2D eigenvalue weighted by atomic mass is 10.2. The molecule has 0 aromatic heterocycles. The van der Waals surface area contributed by atoms with Gasteiger partial charge >= 0.3 is 0 Å². The molecule has 0 radical (unpaired) electrons. The molecular formula is C12H21NO3S. The Morgan fingerprint density at radius 3 is 2.12 bits per heavy atom. The van der Waals surface area contributed by atoms with Crippen LogP contribution in [0.15, 0.2) is 23.1 Å². The molecule has 0 aliphatic heterocycles. The number of hydrogen-bond donors (Lipinski definition) is 0. The van der Waals surface area contributed by atoms with Gasteiger partial charge in [-0.3, -0.25) is 0 Å². The fourth-order valence-electron chi connectivity index (χ4n) is 1.18. The van der Waals surface area contributed by atoms with Crippen LogP contribution in [-0.2, 0) is 10.0 Å². The average molecular weight is 259 g/mol. The lowest BCUT2D eigenvalue weighted by Gasteiger charge is -2.14. The number of nitrogens with zero attached hydrogens (tertiary/aromatic N) is 1. The Hall–Kier alpha value is -1.07. The van der Waals surface area contributed by atoms with Gasteiger partial charge in [-0.05, 0) is 24.6 Å². The van der Waals surface area contributed by atoms with Crippen molar-refractivity contribution in [3.8, 4) is 5.75 Å². The van der Waals surface area contributed by atoms with Gasteiger partial charge in [0.1, 0.15) is 10.6 Å². The first kappa shape index (κ1) is 15.9. The van der Waals surface area contributed by atoms with Crippen LogP contribution in [0.1, 0.15) is 19.4 Å². The van der Waals surface area contributed by atoms with Crippen molar-refractivity contribution < 1.29 is 13.2 Å². The molecule has 17 heavy (non-hydrogen) atoms. The maximum atomic E-state index is 11.9. The molecule has 0 spiro atoms. The van der Waals surface area contributed by atoms with Crippen molar-refractivity contribution in [2.45, 2.75) is 25.7 Å². The number of methoxy groups -OCH3 is 1. The maximum Gasteiger partial charge on any atom is 0.246 e. The SMILES string of the molecule is CC.COc1ccc(C)cc1S(=O)(=O)N(C)C. The van der Waals surface area contributed by atoms with Crippen molar-refractivity contribution in [2.75, 3.05) is 21.2 Å². The van der Waals surface area contributed by atoms with E-state index in [4.69, 9.17) is 4.74 Å². The predicted octanol–water partition coefficient (Wildman–Crippen LogP) is 2.28. The molecule has 0 saturated carbocycles. The normalized spacial score (nSPS) is 10.8. The van der Waals surface area contributed by atoms with E-state index < -0.39 is 10.0 Å². The van der Waals surface area contributed by atoms with Gasteiger partial charge < -0.3 is 4.74 Å². The summed E-state index contributed by atoms with van der Waals surface area (Å²) in [5.74, 6) is 0.370. The highest BCUT2D eigenvalue weighted by Crippen LogP contribution is 2.26. The van der Waals surface area contributed by atoms with Gasteiger partial charge in [0.15, 0.2) is 0 Å². The van der Waals surface area contributed by atoms with Crippen LogP contribution in [0.25, 0.3) is 0 Å². The first-order valence-electron chi connectivity index (χ1n) is 5.46. The van der Waals surface area contributed by atoms with Crippen LogP contribution in [0.4, 0.5) is 0 Å². The average Bonchev–Trinajstić information content (AvgIpc) is 2.31. The molecule has 0 aliphatic carbocycles. The Bertz CT molecular complexity index is 453. The molecule has 0 aliphatic rings. The zero-order valence-electron chi connectivity index (χ0n) is 11.3. The van der Waals surface area contributed by atoms with Crippen LogP contribution in [-0.4, -0.2) is 33.9 Å². The number of benzene rings is 1. The minimum Gasteiger partial charge on any atom is -0.495 e. The Morgan fingerprint density at radius 1 is 1.18 bits per heavy atom. The van der Waals surface area contributed by atoms with E-state index in [1.807, 2.05) is 26.8 Å². The second kappa shape index (κ2) is 6.61. The van der Waals surface area contributed by atoms with Crippen molar-refractivity contribution in [3.05, 3.63) is 23.8 Å². The van der Waals surface area contributed by atoms with Crippen molar-refractivity contribution >= 4 is 10.0 Å². The van der Waals surface area contributed by atoms with Gasteiger partial charge in [0.25, 0.3) is 0 Å². The molecule has 0 heterocycles. The van der Waals surface area contributed by atoms with Gasteiger partial charge in [-0.25, -0.2) is 12.7 Å². The smallest absolute Gasteiger partial charge is 0.246 e. The summed E-state index contributed by atoms with van der Waals surface area (Å²) in [6.45, 7) is 5.84. The number of rotatable bonds is 3. The van der Waals surface area contributed by atoms with Gasteiger partial charge in [0, 0.05) is 14.1 Å². The predicted molar refractivity (Wildman–Crippen MR) is 70.0 cm³/mol. The second-order valence-electron chi connectivity index (χ2n) is 3.44. The fourth-order valence-corrected chi connectivity index (χ4v) is 2.32. The van der Waals surface area contributed by atoms with E-state index in [-0.39, 0.29) is 4.90 Å². The zero-order valence-corrected chi connectivity index (χ0v) is 12.1. The third kappa shape index (κ3) is 3.71. The van der Waals surface area contributed by atoms with Crippen molar-refractivity contribution in [2.24, 2.45) is 0 Å². The second-order valence-corrected chi connectivity index (χ2v) is 5.56. The van der Waals surface area contributed by atoms with Gasteiger partial charge in [-0.2, -0.15) is 0 Å². The summed E-state index contributed by atoms with van der Waals surface area (Å²) in [4.78, 5) is 0.204. The van der Waals surface area contributed by atoms with Crippen LogP contribution in [0.3, 0.4) is 0 Å². The summed E-state index contributed by atoms with van der Waals surface area (Å²) in [6.07, 6.45) is 0. The van der Waals surface area contributed by atoms with E-state index in [0.29, 0.717) is 5.75 Å². The summed E-state index contributed by atoms with van der Waals surface area (Å²) < 4.78 is 30.0. The van der Waals surface area contributed by atoms with E-state index in [1.54, 1.807) is 12.1 Å². The Balaban J connectivity index is 0.00000121. The lowest BCUT2D eigenvalue weighted by Crippen LogP contribution is -2.22. The monoisotopic (exact) mass is 259 g/mol. The van der Waals surface area contributed by atoms with Gasteiger partial charge in [-0.15, -0.1) is 0 Å². The molecule has 5 heteroatoms. The zero-order chi connectivity index (χ0) is 13.6. The number of sulfonamides is 1. The minimum atomic E-state index is -3.43. The van der Waals surface area contributed by atoms with Crippen LogP contribution in [0, 0.1) is 6.92 Å². The first-order chi connectivity index (χ1) is 7.89. The number of hydrogen-bond acceptors (Lipinski definition) is 3. The number of aryl methyl sites for hydroxylation is 1. The Labute approximate surface area is 104 Å². The molecule has 0 N–H and O–H groups in total. The van der Waals surface area contributed by atoms with E-state index >= 15 is 0 Å². The molecule has 1 rings (SSSR count). The molecule has 0 atom stereocenters. The first-order valence-corrected chi connectivity index (χ1v) is 6.90. The molecule has 0 amide bonds. The standard InChI is InChI=1S/C10H15NO3S.C2H6/c1-8-5-6-9(14-4)10(7-8)15(12,13)11(2)3;1-2/h5-7H,1-4H3;1-2H3. The van der Waals surface area contributed by atoms with E-state index in [1.165, 1.54) is 25.5 Å². The van der Waals surface area contributed by atoms with Crippen LogP contribution in [0.2, 0.25) is 0 Å². The summed E-state index contributed by atoms with van der Waals surface area (Å²) in [7, 11) is 1.02. The summed E-state index contributed by atoms with van der Waals surface area (Å²) in [5, 5.41) is 0. The fraction of sp³-hybridized carbons (Fsp3) is 0.500. The van der Waals surface area contributed by atoms with E-state index in [0.717, 1.165) is 5.56 Å². The van der Waals surface area contributed by atoms with Crippen LogP contribution in [0.5, 0.6) is 5.75 Å². The Morgan fingerprint density at radius 2 is 1.71 bits per heavy atom.